The standard InChI is InChI=1S/C49H30N2/c1-3-9-40-38(7-1)44-13-5-11-42-36(23-25-46(40)48(42)44)31-15-19-33(20-16-31)51(35-27-29-50-30-28-35)34-21-17-32(18-22-34)37-24-26-47-41-10-4-2-8-39(41)45-14-6-12-43(37)49(45)47/h1-30H. The van der Waals surface area contributed by atoms with Crippen molar-refractivity contribution in [1.29, 1.82) is 0 Å². The summed E-state index contributed by atoms with van der Waals surface area (Å²) in [5.74, 6) is 0. The summed E-state index contributed by atoms with van der Waals surface area (Å²) >= 11 is 0. The normalized spacial score (nSPS) is 11.9. The first kappa shape index (κ1) is 28.1. The fraction of sp³-hybridized carbons (Fsp3) is 0. The summed E-state index contributed by atoms with van der Waals surface area (Å²) < 4.78 is 0. The van der Waals surface area contributed by atoms with Crippen molar-refractivity contribution in [2.75, 3.05) is 4.90 Å². The van der Waals surface area contributed by atoms with Gasteiger partial charge in [-0.05, 0) is 125 Å². The van der Waals surface area contributed by atoms with E-state index in [1.165, 1.54) is 88.3 Å². The van der Waals surface area contributed by atoms with Crippen LogP contribution in [0.3, 0.4) is 0 Å². The molecule has 1 heterocycles. The van der Waals surface area contributed by atoms with Gasteiger partial charge in [0.15, 0.2) is 0 Å². The molecule has 51 heavy (non-hydrogen) atoms. The van der Waals surface area contributed by atoms with Gasteiger partial charge >= 0.3 is 0 Å². The second-order valence-corrected chi connectivity index (χ2v) is 13.5. The summed E-state index contributed by atoms with van der Waals surface area (Å²) in [4.78, 5) is 6.63. The second kappa shape index (κ2) is 10.9. The lowest BCUT2D eigenvalue weighted by Crippen LogP contribution is -2.09. The fourth-order valence-electron chi connectivity index (χ4n) is 8.64. The predicted octanol–water partition coefficient (Wildman–Crippen LogP) is 13.5. The first-order valence-electron chi connectivity index (χ1n) is 17.5. The summed E-state index contributed by atoms with van der Waals surface area (Å²) in [5.41, 5.74) is 18.8. The molecule has 0 aliphatic heterocycles. The SMILES string of the molecule is c1ccc2c(c1)-c1cccc3c(-c4ccc(N(c5ccncc5)c5ccc(-c6ccc7c8c(cccc68)-c6ccccc6-7)cc5)cc4)ccc-2c13. The lowest BCUT2D eigenvalue weighted by molar-refractivity contribution is 1.24. The molecule has 236 valence electrons. The van der Waals surface area contributed by atoms with Crippen LogP contribution in [0.1, 0.15) is 0 Å². The van der Waals surface area contributed by atoms with Crippen molar-refractivity contribution in [3.8, 4) is 66.8 Å². The molecule has 2 heteroatoms. The minimum atomic E-state index is 1.07. The van der Waals surface area contributed by atoms with Gasteiger partial charge in [-0.15, -0.1) is 0 Å². The summed E-state index contributed by atoms with van der Waals surface area (Å²) in [5, 5.41) is 5.29. The van der Waals surface area contributed by atoms with Gasteiger partial charge in [0.2, 0.25) is 0 Å². The Labute approximate surface area is 296 Å². The van der Waals surface area contributed by atoms with Gasteiger partial charge < -0.3 is 4.90 Å². The zero-order chi connectivity index (χ0) is 33.5. The number of nitrogens with zero attached hydrogens (tertiary/aromatic N) is 2. The molecule has 9 aromatic rings. The van der Waals surface area contributed by atoms with Crippen LogP contribution in [0.4, 0.5) is 17.1 Å². The average molecular weight is 647 g/mol. The molecule has 0 amide bonds. The van der Waals surface area contributed by atoms with Crippen molar-refractivity contribution >= 4 is 38.6 Å². The van der Waals surface area contributed by atoms with Crippen LogP contribution in [0.25, 0.3) is 88.3 Å². The van der Waals surface area contributed by atoms with Crippen LogP contribution in [0.2, 0.25) is 0 Å². The van der Waals surface area contributed by atoms with Crippen LogP contribution in [0, 0.1) is 0 Å². The molecule has 0 N–H and O–H groups in total. The van der Waals surface area contributed by atoms with Crippen molar-refractivity contribution in [3.05, 3.63) is 182 Å². The quantitative estimate of drug-likeness (QED) is 0.185. The van der Waals surface area contributed by atoms with Crippen molar-refractivity contribution in [2.45, 2.75) is 0 Å². The molecule has 2 aliphatic rings. The van der Waals surface area contributed by atoms with E-state index >= 15 is 0 Å². The molecule has 0 spiro atoms. The smallest absolute Gasteiger partial charge is 0.0492 e. The number of aromatic nitrogens is 1. The van der Waals surface area contributed by atoms with Gasteiger partial charge in [-0.25, -0.2) is 0 Å². The Hall–Kier alpha value is -6.77. The number of rotatable bonds is 5. The number of fused-ring (bicyclic) bond motifs is 6. The van der Waals surface area contributed by atoms with Crippen molar-refractivity contribution in [1.82, 2.24) is 4.98 Å². The summed E-state index contributed by atoms with van der Waals surface area (Å²) in [6.45, 7) is 0. The Morgan fingerprint density at radius 2 is 0.627 bits per heavy atom. The van der Waals surface area contributed by atoms with Gasteiger partial charge in [0.1, 0.15) is 0 Å². The van der Waals surface area contributed by atoms with Crippen LogP contribution >= 0.6 is 0 Å². The van der Waals surface area contributed by atoms with Crippen molar-refractivity contribution in [3.63, 3.8) is 0 Å². The summed E-state index contributed by atoms with van der Waals surface area (Å²) in [6, 6.07) is 62.3. The number of anilines is 3. The maximum Gasteiger partial charge on any atom is 0.0492 e. The maximum absolute atomic E-state index is 4.32. The maximum atomic E-state index is 4.32. The largest absolute Gasteiger partial charge is 0.310 e. The van der Waals surface area contributed by atoms with E-state index in [2.05, 4.69) is 180 Å². The summed E-state index contributed by atoms with van der Waals surface area (Å²) in [7, 11) is 0. The Morgan fingerprint density at radius 1 is 0.275 bits per heavy atom. The van der Waals surface area contributed by atoms with Crippen molar-refractivity contribution in [2.24, 2.45) is 0 Å². The molecule has 1 aromatic heterocycles. The zero-order valence-corrected chi connectivity index (χ0v) is 27.7. The first-order chi connectivity index (χ1) is 25.3. The number of hydrogen-bond donors (Lipinski definition) is 0. The van der Waals surface area contributed by atoms with Gasteiger partial charge in [0, 0.05) is 29.5 Å². The van der Waals surface area contributed by atoms with E-state index in [0.717, 1.165) is 17.1 Å². The Kier molecular flexibility index (Phi) is 5.99. The molecule has 0 atom stereocenters. The fourth-order valence-corrected chi connectivity index (χ4v) is 8.64. The van der Waals surface area contributed by atoms with Crippen LogP contribution in [-0.4, -0.2) is 4.98 Å². The number of hydrogen-bond acceptors (Lipinski definition) is 2. The van der Waals surface area contributed by atoms with Crippen LogP contribution in [0.15, 0.2) is 182 Å². The Balaban J connectivity index is 0.976. The van der Waals surface area contributed by atoms with Gasteiger partial charge in [-0.2, -0.15) is 0 Å². The third kappa shape index (κ3) is 4.14. The van der Waals surface area contributed by atoms with E-state index in [0.29, 0.717) is 0 Å². The lowest BCUT2D eigenvalue weighted by Gasteiger charge is -2.26. The molecule has 0 saturated carbocycles. The van der Waals surface area contributed by atoms with Gasteiger partial charge in [-0.1, -0.05) is 133 Å². The molecular formula is C49H30N2. The van der Waals surface area contributed by atoms with E-state index in [4.69, 9.17) is 0 Å². The zero-order valence-electron chi connectivity index (χ0n) is 27.7. The van der Waals surface area contributed by atoms with Crippen LogP contribution in [0.5, 0.6) is 0 Å². The number of benzene rings is 8. The lowest BCUT2D eigenvalue weighted by atomic mass is 9.94. The molecule has 0 bridgehead atoms. The molecular weight excluding hydrogens is 617 g/mol. The highest BCUT2D eigenvalue weighted by Crippen LogP contribution is 2.51. The first-order valence-corrected chi connectivity index (χ1v) is 17.5. The monoisotopic (exact) mass is 646 g/mol. The van der Waals surface area contributed by atoms with Gasteiger partial charge in [0.05, 0.1) is 0 Å². The molecule has 0 fully saturated rings. The molecule has 8 aromatic carbocycles. The Morgan fingerprint density at radius 3 is 1.06 bits per heavy atom. The molecule has 11 rings (SSSR count). The van der Waals surface area contributed by atoms with E-state index in [1.54, 1.807) is 0 Å². The molecule has 0 unspecified atom stereocenters. The highest BCUT2D eigenvalue weighted by atomic mass is 15.1. The van der Waals surface area contributed by atoms with E-state index in [9.17, 15) is 0 Å². The topological polar surface area (TPSA) is 16.1 Å². The third-order valence-electron chi connectivity index (χ3n) is 10.9. The minimum absolute atomic E-state index is 1.07. The second-order valence-electron chi connectivity index (χ2n) is 13.5. The highest BCUT2D eigenvalue weighted by molar-refractivity contribution is 6.20. The van der Waals surface area contributed by atoms with Crippen LogP contribution < -0.4 is 4.90 Å². The predicted molar refractivity (Wildman–Crippen MR) is 214 cm³/mol. The average Bonchev–Trinajstić information content (AvgIpc) is 3.71. The van der Waals surface area contributed by atoms with E-state index in [1.807, 2.05) is 12.4 Å². The van der Waals surface area contributed by atoms with Gasteiger partial charge in [-0.3, -0.25) is 4.98 Å². The van der Waals surface area contributed by atoms with Crippen molar-refractivity contribution < 1.29 is 0 Å². The highest BCUT2D eigenvalue weighted by Gasteiger charge is 2.24. The molecule has 0 radical (unpaired) electrons. The third-order valence-corrected chi connectivity index (χ3v) is 10.9. The molecule has 2 aliphatic carbocycles. The molecule has 2 nitrogen and oxygen atoms in total. The Bertz CT molecular complexity index is 2600. The number of pyridine rings is 1. The summed E-state index contributed by atoms with van der Waals surface area (Å²) in [6.07, 6.45) is 3.72. The van der Waals surface area contributed by atoms with E-state index < -0.39 is 0 Å². The van der Waals surface area contributed by atoms with E-state index in [-0.39, 0.29) is 0 Å². The van der Waals surface area contributed by atoms with Crippen LogP contribution in [-0.2, 0) is 0 Å². The minimum Gasteiger partial charge on any atom is -0.310 e. The van der Waals surface area contributed by atoms with Gasteiger partial charge in [0.25, 0.3) is 0 Å². The molecule has 0 saturated heterocycles.